The van der Waals surface area contributed by atoms with Crippen LogP contribution in [0.2, 0.25) is 0 Å². The van der Waals surface area contributed by atoms with E-state index in [9.17, 15) is 0 Å². The Labute approximate surface area is 142 Å². The van der Waals surface area contributed by atoms with E-state index in [1.807, 2.05) is 12.3 Å². The Morgan fingerprint density at radius 3 is 2.67 bits per heavy atom. The minimum atomic E-state index is 0.467. The fraction of sp³-hybridized carbons (Fsp3) is 0.722. The summed E-state index contributed by atoms with van der Waals surface area (Å²) in [6.45, 7) is 0.832. The molecule has 0 aliphatic heterocycles. The van der Waals surface area contributed by atoms with Gasteiger partial charge in [-0.15, -0.1) is 10.2 Å². The fourth-order valence-electron chi connectivity index (χ4n) is 4.17. The summed E-state index contributed by atoms with van der Waals surface area (Å²) in [6, 6.07) is 3.64. The van der Waals surface area contributed by atoms with Crippen molar-refractivity contribution in [1.82, 2.24) is 29.9 Å². The molecule has 0 radical (unpaired) electrons. The first-order valence-corrected chi connectivity index (χ1v) is 9.56. The number of aromatic nitrogens is 5. The van der Waals surface area contributed by atoms with Gasteiger partial charge in [-0.3, -0.25) is 4.68 Å². The highest BCUT2D eigenvalue weighted by atomic mass is 15.3. The summed E-state index contributed by atoms with van der Waals surface area (Å²) >= 11 is 0. The first-order valence-electron chi connectivity index (χ1n) is 9.56. The molecule has 1 N–H and O–H groups in total. The molecule has 0 amide bonds. The fourth-order valence-corrected chi connectivity index (χ4v) is 4.17. The summed E-state index contributed by atoms with van der Waals surface area (Å²) in [5.41, 5.74) is 0. The van der Waals surface area contributed by atoms with Crippen LogP contribution in [0.4, 0.5) is 0 Å². The topological polar surface area (TPSA) is 60.6 Å². The quantitative estimate of drug-likeness (QED) is 0.886. The number of nitrogens with zero attached hydrogens (tertiary/aromatic N) is 5. The van der Waals surface area contributed by atoms with Crippen molar-refractivity contribution in [2.45, 2.75) is 82.0 Å². The monoisotopic (exact) mass is 326 g/mol. The van der Waals surface area contributed by atoms with Gasteiger partial charge in [0.15, 0.2) is 0 Å². The van der Waals surface area contributed by atoms with Crippen LogP contribution in [0.3, 0.4) is 0 Å². The van der Waals surface area contributed by atoms with E-state index >= 15 is 0 Å². The second kappa shape index (κ2) is 5.99. The van der Waals surface area contributed by atoms with Crippen LogP contribution in [0.5, 0.6) is 0 Å². The number of rotatable bonds is 6. The molecule has 6 nitrogen and oxygen atoms in total. The molecular weight excluding hydrogens is 300 g/mol. The molecule has 0 aromatic carbocycles. The Balaban J connectivity index is 1.31. The SMILES string of the molecule is c1cnn([C@H]2CCCC[C@@H]2NCc2nnc(C3CC3)n2C2CC2)c1. The molecule has 5 rings (SSSR count). The van der Waals surface area contributed by atoms with E-state index in [0.29, 0.717) is 24.0 Å². The maximum Gasteiger partial charge on any atom is 0.147 e. The van der Waals surface area contributed by atoms with Gasteiger partial charge in [-0.25, -0.2) is 0 Å². The van der Waals surface area contributed by atoms with Gasteiger partial charge in [-0.2, -0.15) is 5.10 Å². The number of hydrogen-bond acceptors (Lipinski definition) is 4. The lowest BCUT2D eigenvalue weighted by molar-refractivity contribution is 0.243. The summed E-state index contributed by atoms with van der Waals surface area (Å²) in [6.07, 6.45) is 14.2. The van der Waals surface area contributed by atoms with E-state index in [-0.39, 0.29) is 0 Å². The summed E-state index contributed by atoms with van der Waals surface area (Å²) in [5, 5.41) is 17.3. The summed E-state index contributed by atoms with van der Waals surface area (Å²) in [7, 11) is 0. The highest BCUT2D eigenvalue weighted by molar-refractivity contribution is 5.12. The molecule has 3 saturated carbocycles. The largest absolute Gasteiger partial charge is 0.311 e. The Kier molecular flexibility index (Phi) is 3.65. The molecule has 2 heterocycles. The van der Waals surface area contributed by atoms with Crippen molar-refractivity contribution in [3.63, 3.8) is 0 Å². The molecule has 3 aliphatic carbocycles. The molecule has 24 heavy (non-hydrogen) atoms. The van der Waals surface area contributed by atoms with Crippen molar-refractivity contribution in [3.05, 3.63) is 30.1 Å². The van der Waals surface area contributed by atoms with Crippen LogP contribution < -0.4 is 5.32 Å². The zero-order valence-corrected chi connectivity index (χ0v) is 14.1. The molecule has 2 aromatic heterocycles. The molecule has 0 saturated heterocycles. The van der Waals surface area contributed by atoms with Crippen LogP contribution in [-0.2, 0) is 6.54 Å². The van der Waals surface area contributed by atoms with Crippen LogP contribution in [0, 0.1) is 0 Å². The summed E-state index contributed by atoms with van der Waals surface area (Å²) in [4.78, 5) is 0. The molecule has 0 bridgehead atoms. The maximum absolute atomic E-state index is 4.54. The van der Waals surface area contributed by atoms with Gasteiger partial charge < -0.3 is 9.88 Å². The first kappa shape index (κ1) is 14.6. The Hall–Kier alpha value is -1.69. The van der Waals surface area contributed by atoms with Gasteiger partial charge in [0.05, 0.1) is 12.6 Å². The zero-order valence-electron chi connectivity index (χ0n) is 14.1. The van der Waals surface area contributed by atoms with Crippen LogP contribution >= 0.6 is 0 Å². The van der Waals surface area contributed by atoms with Gasteiger partial charge in [0.2, 0.25) is 0 Å². The molecule has 128 valence electrons. The van der Waals surface area contributed by atoms with E-state index in [1.54, 1.807) is 0 Å². The third kappa shape index (κ3) is 2.77. The van der Waals surface area contributed by atoms with Crippen molar-refractivity contribution in [2.75, 3.05) is 0 Å². The molecule has 3 fully saturated rings. The van der Waals surface area contributed by atoms with Crippen molar-refractivity contribution in [3.8, 4) is 0 Å². The second-order valence-electron chi connectivity index (χ2n) is 7.68. The molecule has 2 atom stereocenters. The van der Waals surface area contributed by atoms with Crippen molar-refractivity contribution < 1.29 is 0 Å². The molecule has 0 unspecified atom stereocenters. The highest BCUT2D eigenvalue weighted by Crippen LogP contribution is 2.44. The maximum atomic E-state index is 4.54. The number of hydrogen-bond donors (Lipinski definition) is 1. The van der Waals surface area contributed by atoms with E-state index in [4.69, 9.17) is 0 Å². The average molecular weight is 326 g/mol. The van der Waals surface area contributed by atoms with Crippen molar-refractivity contribution in [1.29, 1.82) is 0 Å². The van der Waals surface area contributed by atoms with Gasteiger partial charge in [0, 0.05) is 30.4 Å². The molecule has 6 heteroatoms. The van der Waals surface area contributed by atoms with Gasteiger partial charge >= 0.3 is 0 Å². The van der Waals surface area contributed by atoms with Gasteiger partial charge in [0.25, 0.3) is 0 Å². The highest BCUT2D eigenvalue weighted by Gasteiger charge is 2.36. The summed E-state index contributed by atoms with van der Waals surface area (Å²) in [5.74, 6) is 3.07. The van der Waals surface area contributed by atoms with E-state index in [1.165, 1.54) is 57.2 Å². The second-order valence-corrected chi connectivity index (χ2v) is 7.68. The lowest BCUT2D eigenvalue weighted by Gasteiger charge is -2.32. The average Bonchev–Trinajstić information content (AvgIpc) is 3.54. The normalized spacial score (nSPS) is 27.5. The van der Waals surface area contributed by atoms with Gasteiger partial charge in [-0.1, -0.05) is 12.8 Å². The van der Waals surface area contributed by atoms with E-state index in [2.05, 4.69) is 36.1 Å². The third-order valence-electron chi connectivity index (χ3n) is 5.76. The lowest BCUT2D eigenvalue weighted by atomic mass is 9.90. The third-order valence-corrected chi connectivity index (χ3v) is 5.76. The van der Waals surface area contributed by atoms with Crippen molar-refractivity contribution >= 4 is 0 Å². The molecule has 2 aromatic rings. The predicted octanol–water partition coefficient (Wildman–Crippen LogP) is 2.96. The minimum absolute atomic E-state index is 0.467. The summed E-state index contributed by atoms with van der Waals surface area (Å²) < 4.78 is 4.59. The first-order chi connectivity index (χ1) is 11.9. The van der Waals surface area contributed by atoms with Crippen LogP contribution in [0.15, 0.2) is 18.5 Å². The predicted molar refractivity (Wildman–Crippen MR) is 90.6 cm³/mol. The number of nitrogens with one attached hydrogen (secondary N) is 1. The van der Waals surface area contributed by atoms with Crippen LogP contribution in [-0.4, -0.2) is 30.6 Å². The Bertz CT molecular complexity index is 682. The molecular formula is C18H26N6. The smallest absolute Gasteiger partial charge is 0.147 e. The Morgan fingerprint density at radius 2 is 1.92 bits per heavy atom. The van der Waals surface area contributed by atoms with Crippen molar-refractivity contribution in [2.24, 2.45) is 0 Å². The lowest BCUT2D eigenvalue weighted by Crippen LogP contribution is -2.40. The minimum Gasteiger partial charge on any atom is -0.311 e. The molecule has 0 spiro atoms. The zero-order chi connectivity index (χ0) is 15.9. The Morgan fingerprint density at radius 1 is 1.04 bits per heavy atom. The van der Waals surface area contributed by atoms with Crippen LogP contribution in [0.25, 0.3) is 0 Å². The molecule has 3 aliphatic rings. The standard InChI is InChI=1S/C18H26N6/c1-2-5-16(23-11-3-10-20-23)15(4-1)19-12-17-21-22-18(13-6-7-13)24(17)14-8-9-14/h3,10-11,13-16,19H,1-2,4-9,12H2/t15-,16-/m0/s1. The van der Waals surface area contributed by atoms with Gasteiger partial charge in [0.1, 0.15) is 11.6 Å². The van der Waals surface area contributed by atoms with E-state index in [0.717, 1.165) is 12.4 Å². The van der Waals surface area contributed by atoms with E-state index < -0.39 is 0 Å². The van der Waals surface area contributed by atoms with Gasteiger partial charge in [-0.05, 0) is 44.6 Å². The van der Waals surface area contributed by atoms with Crippen LogP contribution in [0.1, 0.15) is 81.0 Å².